The van der Waals surface area contributed by atoms with E-state index in [2.05, 4.69) is 6.92 Å². The van der Waals surface area contributed by atoms with Crippen LogP contribution in [0.3, 0.4) is 0 Å². The zero-order valence-electron chi connectivity index (χ0n) is 11.1. The van der Waals surface area contributed by atoms with E-state index < -0.39 is 0 Å². The second-order valence-corrected chi connectivity index (χ2v) is 5.57. The van der Waals surface area contributed by atoms with E-state index in [1.807, 2.05) is 0 Å². The summed E-state index contributed by atoms with van der Waals surface area (Å²) in [7, 11) is -0.0806. The number of hydrogen-bond donors (Lipinski definition) is 0. The lowest BCUT2D eigenvalue weighted by Crippen LogP contribution is -1.82. The standard InChI is InChI=1S/C14H29OP/c1-2-3-4-5-6-7-8-9-10-11-12-13-14-16-15/h2-14H2,1H3/p+1. The Morgan fingerprint density at radius 3 is 1.38 bits per heavy atom. The lowest BCUT2D eigenvalue weighted by atomic mass is 10.1. The first-order chi connectivity index (χ1) is 7.91. The Morgan fingerprint density at radius 2 is 1.00 bits per heavy atom. The van der Waals surface area contributed by atoms with Gasteiger partial charge in [0.05, 0.1) is 0 Å². The molecule has 96 valence electrons. The lowest BCUT2D eigenvalue weighted by Gasteiger charge is -2.01. The van der Waals surface area contributed by atoms with Crippen molar-refractivity contribution in [2.75, 3.05) is 6.16 Å². The van der Waals surface area contributed by atoms with Crippen LogP contribution in [0.25, 0.3) is 0 Å². The van der Waals surface area contributed by atoms with Gasteiger partial charge in [-0.1, -0.05) is 75.7 Å². The van der Waals surface area contributed by atoms with Crippen molar-refractivity contribution in [1.29, 1.82) is 0 Å². The van der Waals surface area contributed by atoms with E-state index >= 15 is 0 Å². The molecule has 16 heavy (non-hydrogen) atoms. The zero-order valence-corrected chi connectivity index (χ0v) is 12.1. The van der Waals surface area contributed by atoms with E-state index in [1.54, 1.807) is 0 Å². The van der Waals surface area contributed by atoms with Crippen molar-refractivity contribution in [3.8, 4) is 0 Å². The van der Waals surface area contributed by atoms with Crippen molar-refractivity contribution >= 4 is 8.46 Å². The van der Waals surface area contributed by atoms with E-state index in [9.17, 15) is 4.57 Å². The molecule has 0 radical (unpaired) electrons. The van der Waals surface area contributed by atoms with Gasteiger partial charge in [-0.3, -0.25) is 0 Å². The molecule has 0 amide bonds. The third-order valence-electron chi connectivity index (χ3n) is 3.13. The average molecular weight is 245 g/mol. The third kappa shape index (κ3) is 14.1. The molecule has 0 aromatic heterocycles. The molecular weight excluding hydrogens is 215 g/mol. The predicted molar refractivity (Wildman–Crippen MR) is 74.9 cm³/mol. The smallest absolute Gasteiger partial charge is 0.0775 e. The van der Waals surface area contributed by atoms with Crippen LogP contribution in [-0.2, 0) is 4.57 Å². The Morgan fingerprint density at radius 1 is 0.625 bits per heavy atom. The van der Waals surface area contributed by atoms with Gasteiger partial charge in [0.1, 0.15) is 6.16 Å². The summed E-state index contributed by atoms with van der Waals surface area (Å²) >= 11 is 0. The maximum atomic E-state index is 10.2. The SMILES string of the molecule is CCCCCCCCCCCCCC[PH+]=O. The molecule has 0 fully saturated rings. The van der Waals surface area contributed by atoms with E-state index in [-0.39, 0.29) is 8.46 Å². The van der Waals surface area contributed by atoms with E-state index in [0.717, 1.165) is 6.16 Å². The average Bonchev–Trinajstić information content (AvgIpc) is 2.31. The van der Waals surface area contributed by atoms with Crippen LogP contribution in [0, 0.1) is 0 Å². The number of hydrogen-bond acceptors (Lipinski definition) is 1. The Balaban J connectivity index is 2.85. The minimum absolute atomic E-state index is 0.0806. The molecule has 0 N–H and O–H groups in total. The Bertz CT molecular complexity index is 137. The predicted octanol–water partition coefficient (Wildman–Crippen LogP) is 5.71. The van der Waals surface area contributed by atoms with E-state index in [4.69, 9.17) is 0 Å². The van der Waals surface area contributed by atoms with Crippen LogP contribution >= 0.6 is 8.46 Å². The molecule has 0 aliphatic rings. The van der Waals surface area contributed by atoms with E-state index in [0.29, 0.717) is 0 Å². The van der Waals surface area contributed by atoms with Gasteiger partial charge in [-0.15, -0.1) is 0 Å². The fourth-order valence-corrected chi connectivity index (χ4v) is 2.43. The van der Waals surface area contributed by atoms with Crippen LogP contribution in [-0.4, -0.2) is 6.16 Å². The van der Waals surface area contributed by atoms with Gasteiger partial charge in [0.25, 0.3) is 0 Å². The fourth-order valence-electron chi connectivity index (χ4n) is 2.04. The van der Waals surface area contributed by atoms with Gasteiger partial charge in [0.2, 0.25) is 0 Å². The van der Waals surface area contributed by atoms with E-state index in [1.165, 1.54) is 77.0 Å². The molecule has 0 saturated heterocycles. The van der Waals surface area contributed by atoms with Crippen molar-refractivity contribution in [1.82, 2.24) is 0 Å². The molecule has 0 aromatic rings. The van der Waals surface area contributed by atoms with Crippen LogP contribution in [0.2, 0.25) is 0 Å². The number of unbranched alkanes of at least 4 members (excludes halogenated alkanes) is 11. The highest BCUT2D eigenvalue weighted by Crippen LogP contribution is 2.12. The molecule has 0 saturated carbocycles. The molecule has 2 heteroatoms. The van der Waals surface area contributed by atoms with Gasteiger partial charge in [-0.25, -0.2) is 0 Å². The minimum atomic E-state index is -0.0806. The van der Waals surface area contributed by atoms with Gasteiger partial charge in [0.15, 0.2) is 0 Å². The normalized spacial score (nSPS) is 11.1. The molecule has 1 unspecified atom stereocenters. The lowest BCUT2D eigenvalue weighted by molar-refractivity contribution is 0.547. The summed E-state index contributed by atoms with van der Waals surface area (Å²) < 4.78 is 10.2. The van der Waals surface area contributed by atoms with Crippen molar-refractivity contribution < 1.29 is 4.57 Å². The molecule has 0 bridgehead atoms. The first-order valence-corrected chi connectivity index (χ1v) is 8.38. The summed E-state index contributed by atoms with van der Waals surface area (Å²) in [4.78, 5) is 0. The Labute approximate surface area is 104 Å². The molecule has 0 aromatic carbocycles. The highest BCUT2D eigenvalue weighted by atomic mass is 31.1. The molecular formula is C14H30OP+. The number of rotatable bonds is 13. The summed E-state index contributed by atoms with van der Waals surface area (Å²) in [5, 5.41) is 0. The summed E-state index contributed by atoms with van der Waals surface area (Å²) in [5.74, 6) is 0. The van der Waals surface area contributed by atoms with Gasteiger partial charge in [-0.2, -0.15) is 0 Å². The maximum Gasteiger partial charge on any atom is 0.324 e. The summed E-state index contributed by atoms with van der Waals surface area (Å²) in [6.07, 6.45) is 17.5. The highest BCUT2D eigenvalue weighted by Gasteiger charge is 1.94. The Kier molecular flexibility index (Phi) is 15.2. The second kappa shape index (κ2) is 15.1. The van der Waals surface area contributed by atoms with Crippen LogP contribution in [0.4, 0.5) is 0 Å². The zero-order chi connectivity index (χ0) is 11.9. The molecule has 1 nitrogen and oxygen atoms in total. The van der Waals surface area contributed by atoms with Crippen LogP contribution in [0.5, 0.6) is 0 Å². The molecule has 0 heterocycles. The maximum absolute atomic E-state index is 10.2. The quantitative estimate of drug-likeness (QED) is 0.300. The van der Waals surface area contributed by atoms with Crippen LogP contribution < -0.4 is 0 Å². The van der Waals surface area contributed by atoms with Crippen LogP contribution in [0.1, 0.15) is 84.0 Å². The molecule has 0 aliphatic heterocycles. The van der Waals surface area contributed by atoms with Gasteiger partial charge < -0.3 is 0 Å². The fraction of sp³-hybridized carbons (Fsp3) is 1.00. The molecule has 0 spiro atoms. The Hall–Kier alpha value is 0.100. The van der Waals surface area contributed by atoms with Gasteiger partial charge in [-0.05, 0) is 12.8 Å². The molecule has 0 rings (SSSR count). The first kappa shape index (κ1) is 16.1. The van der Waals surface area contributed by atoms with Crippen molar-refractivity contribution in [3.05, 3.63) is 0 Å². The van der Waals surface area contributed by atoms with Crippen LogP contribution in [0.15, 0.2) is 0 Å². The summed E-state index contributed by atoms with van der Waals surface area (Å²) in [6, 6.07) is 0. The summed E-state index contributed by atoms with van der Waals surface area (Å²) in [5.41, 5.74) is 0. The second-order valence-electron chi connectivity index (χ2n) is 4.78. The third-order valence-corrected chi connectivity index (χ3v) is 3.69. The highest BCUT2D eigenvalue weighted by molar-refractivity contribution is 7.23. The first-order valence-electron chi connectivity index (χ1n) is 7.26. The minimum Gasteiger partial charge on any atom is -0.0775 e. The van der Waals surface area contributed by atoms with Crippen molar-refractivity contribution in [2.45, 2.75) is 84.0 Å². The topological polar surface area (TPSA) is 17.1 Å². The molecule has 0 aliphatic carbocycles. The monoisotopic (exact) mass is 245 g/mol. The summed E-state index contributed by atoms with van der Waals surface area (Å²) in [6.45, 7) is 2.27. The molecule has 1 atom stereocenters. The van der Waals surface area contributed by atoms with Gasteiger partial charge in [0, 0.05) is 0 Å². The van der Waals surface area contributed by atoms with Crippen molar-refractivity contribution in [2.24, 2.45) is 0 Å². The largest absolute Gasteiger partial charge is 0.324 e. The van der Waals surface area contributed by atoms with Gasteiger partial charge >= 0.3 is 8.46 Å². The van der Waals surface area contributed by atoms with Crippen molar-refractivity contribution in [3.63, 3.8) is 0 Å².